The van der Waals surface area contributed by atoms with Crippen LogP contribution in [-0.2, 0) is 5.41 Å². The summed E-state index contributed by atoms with van der Waals surface area (Å²) in [7, 11) is 2.05. The minimum absolute atomic E-state index is 0.0590. The summed E-state index contributed by atoms with van der Waals surface area (Å²) in [5, 5.41) is 14.8. The van der Waals surface area contributed by atoms with Crippen LogP contribution in [0.25, 0.3) is 0 Å². The number of nitro benzene ring substituents is 1. The standard InChI is InChI=1S/C19H20N4O2/c1-19(2)16-6-4-5-7-17(16)22(3)18(19)12-13-20-21-14-8-10-15(11-9-14)23(24)25/h4-13,21H,1-3H3/b18-12+,20-13-. The van der Waals surface area contributed by atoms with Gasteiger partial charge in [0, 0.05) is 42.2 Å². The van der Waals surface area contributed by atoms with Crippen molar-refractivity contribution in [2.75, 3.05) is 17.4 Å². The second-order valence-corrected chi connectivity index (χ2v) is 6.45. The number of hydrazone groups is 1. The molecule has 2 aromatic rings. The number of likely N-dealkylation sites (N-methyl/N-ethyl adjacent to an activating group) is 1. The van der Waals surface area contributed by atoms with Crippen LogP contribution in [0.15, 0.2) is 65.4 Å². The largest absolute Gasteiger partial charge is 0.347 e. The summed E-state index contributed by atoms with van der Waals surface area (Å²) in [6.45, 7) is 4.39. The van der Waals surface area contributed by atoms with Gasteiger partial charge in [-0.3, -0.25) is 15.5 Å². The van der Waals surface area contributed by atoms with Crippen molar-refractivity contribution >= 4 is 23.3 Å². The van der Waals surface area contributed by atoms with Crippen LogP contribution in [0, 0.1) is 10.1 Å². The van der Waals surface area contributed by atoms with Crippen LogP contribution >= 0.6 is 0 Å². The Morgan fingerprint density at radius 2 is 1.84 bits per heavy atom. The van der Waals surface area contributed by atoms with E-state index < -0.39 is 4.92 Å². The van der Waals surface area contributed by atoms with E-state index in [1.54, 1.807) is 18.3 Å². The van der Waals surface area contributed by atoms with Gasteiger partial charge in [-0.2, -0.15) is 5.10 Å². The first-order valence-electron chi connectivity index (χ1n) is 7.99. The molecule has 1 heterocycles. The Labute approximate surface area is 146 Å². The Bertz CT molecular complexity index is 854. The number of rotatable bonds is 4. The fourth-order valence-electron chi connectivity index (χ4n) is 3.18. The van der Waals surface area contributed by atoms with Crippen molar-refractivity contribution in [3.05, 3.63) is 76.0 Å². The Kier molecular flexibility index (Phi) is 4.27. The lowest BCUT2D eigenvalue weighted by Gasteiger charge is -2.23. The summed E-state index contributed by atoms with van der Waals surface area (Å²) in [4.78, 5) is 12.4. The number of nitro groups is 1. The van der Waals surface area contributed by atoms with Gasteiger partial charge in [-0.15, -0.1) is 0 Å². The maximum atomic E-state index is 10.6. The van der Waals surface area contributed by atoms with Gasteiger partial charge in [0.15, 0.2) is 0 Å². The quantitative estimate of drug-likeness (QED) is 0.513. The number of benzene rings is 2. The van der Waals surface area contributed by atoms with Crippen LogP contribution in [0.1, 0.15) is 19.4 Å². The zero-order valence-electron chi connectivity index (χ0n) is 14.4. The molecular weight excluding hydrogens is 316 g/mol. The van der Waals surface area contributed by atoms with E-state index in [9.17, 15) is 10.1 Å². The van der Waals surface area contributed by atoms with Gasteiger partial charge in [-0.1, -0.05) is 32.0 Å². The van der Waals surface area contributed by atoms with Crippen molar-refractivity contribution in [1.29, 1.82) is 0 Å². The van der Waals surface area contributed by atoms with Gasteiger partial charge in [-0.25, -0.2) is 0 Å². The Hall–Kier alpha value is -3.15. The minimum Gasteiger partial charge on any atom is -0.347 e. The molecule has 0 aliphatic carbocycles. The van der Waals surface area contributed by atoms with Crippen molar-refractivity contribution in [3.8, 4) is 0 Å². The van der Waals surface area contributed by atoms with Crippen LogP contribution in [0.5, 0.6) is 0 Å². The molecule has 0 spiro atoms. The molecule has 6 heteroatoms. The maximum Gasteiger partial charge on any atom is 0.269 e. The third-order valence-electron chi connectivity index (χ3n) is 4.52. The lowest BCUT2D eigenvalue weighted by atomic mass is 9.84. The van der Waals surface area contributed by atoms with Gasteiger partial charge < -0.3 is 4.90 Å². The zero-order valence-corrected chi connectivity index (χ0v) is 14.4. The number of nitrogens with zero attached hydrogens (tertiary/aromatic N) is 3. The Balaban J connectivity index is 1.74. The molecule has 6 nitrogen and oxygen atoms in total. The van der Waals surface area contributed by atoms with Gasteiger partial charge in [0.05, 0.1) is 10.6 Å². The van der Waals surface area contributed by atoms with Crippen LogP contribution in [0.3, 0.4) is 0 Å². The van der Waals surface area contributed by atoms with Crippen molar-refractivity contribution in [3.63, 3.8) is 0 Å². The summed E-state index contributed by atoms with van der Waals surface area (Å²) >= 11 is 0. The lowest BCUT2D eigenvalue weighted by molar-refractivity contribution is -0.384. The highest BCUT2D eigenvalue weighted by Gasteiger charge is 2.37. The zero-order chi connectivity index (χ0) is 18.0. The lowest BCUT2D eigenvalue weighted by Crippen LogP contribution is -2.23. The number of hydrogen-bond acceptors (Lipinski definition) is 5. The highest BCUT2D eigenvalue weighted by Crippen LogP contribution is 2.46. The molecule has 0 aromatic heterocycles. The number of fused-ring (bicyclic) bond motifs is 1. The van der Waals surface area contributed by atoms with E-state index >= 15 is 0 Å². The second-order valence-electron chi connectivity index (χ2n) is 6.45. The van der Waals surface area contributed by atoms with Gasteiger partial charge in [0.1, 0.15) is 0 Å². The number of allylic oxidation sites excluding steroid dienone is 2. The summed E-state index contributed by atoms with van der Waals surface area (Å²) in [6.07, 6.45) is 3.69. The average molecular weight is 336 g/mol. The van der Waals surface area contributed by atoms with Gasteiger partial charge in [-0.05, 0) is 29.8 Å². The monoisotopic (exact) mass is 336 g/mol. The van der Waals surface area contributed by atoms with E-state index in [1.165, 1.54) is 23.4 Å². The fraction of sp³-hybridized carbons (Fsp3) is 0.211. The number of para-hydroxylation sites is 1. The summed E-state index contributed by atoms with van der Waals surface area (Å²) in [6, 6.07) is 14.5. The first-order chi connectivity index (χ1) is 11.9. The molecule has 0 saturated heterocycles. The SMILES string of the molecule is CN1/C(=C/C=N\Nc2ccc([N+](=O)[O-])cc2)C(C)(C)c2ccccc21. The minimum atomic E-state index is -0.423. The van der Waals surface area contributed by atoms with E-state index in [0.717, 1.165) is 5.70 Å². The molecule has 0 fully saturated rings. The average Bonchev–Trinajstić information content (AvgIpc) is 2.79. The third-order valence-corrected chi connectivity index (χ3v) is 4.52. The smallest absolute Gasteiger partial charge is 0.269 e. The predicted octanol–water partition coefficient (Wildman–Crippen LogP) is 4.30. The maximum absolute atomic E-state index is 10.6. The topological polar surface area (TPSA) is 70.8 Å². The molecule has 1 aliphatic rings. The van der Waals surface area contributed by atoms with E-state index in [2.05, 4.69) is 54.5 Å². The summed E-state index contributed by atoms with van der Waals surface area (Å²) in [5.74, 6) is 0. The number of hydrogen-bond donors (Lipinski definition) is 1. The van der Waals surface area contributed by atoms with E-state index in [1.807, 2.05) is 12.1 Å². The molecule has 2 aromatic carbocycles. The third kappa shape index (κ3) is 3.10. The van der Waals surface area contributed by atoms with Gasteiger partial charge in [0.2, 0.25) is 0 Å². The fourth-order valence-corrected chi connectivity index (χ4v) is 3.18. The molecular formula is C19H20N4O2. The molecule has 0 radical (unpaired) electrons. The molecule has 0 unspecified atom stereocenters. The molecule has 0 bridgehead atoms. The van der Waals surface area contributed by atoms with Crippen LogP contribution in [-0.4, -0.2) is 18.2 Å². The van der Waals surface area contributed by atoms with E-state index in [0.29, 0.717) is 5.69 Å². The predicted molar refractivity (Wildman–Crippen MR) is 101 cm³/mol. The van der Waals surface area contributed by atoms with Crippen molar-refractivity contribution in [1.82, 2.24) is 0 Å². The van der Waals surface area contributed by atoms with E-state index in [4.69, 9.17) is 0 Å². The van der Waals surface area contributed by atoms with Crippen LogP contribution in [0.4, 0.5) is 17.1 Å². The van der Waals surface area contributed by atoms with Gasteiger partial charge >= 0.3 is 0 Å². The van der Waals surface area contributed by atoms with Crippen molar-refractivity contribution in [2.24, 2.45) is 5.10 Å². The number of non-ortho nitro benzene ring substituents is 1. The first-order valence-corrected chi connectivity index (χ1v) is 7.99. The normalized spacial score (nSPS) is 17.1. The second kappa shape index (κ2) is 6.39. The Morgan fingerprint density at radius 1 is 1.16 bits per heavy atom. The molecule has 0 atom stereocenters. The molecule has 128 valence electrons. The Morgan fingerprint density at radius 3 is 2.48 bits per heavy atom. The van der Waals surface area contributed by atoms with Crippen molar-refractivity contribution < 1.29 is 4.92 Å². The summed E-state index contributed by atoms with van der Waals surface area (Å²) < 4.78 is 0. The molecule has 1 aliphatic heterocycles. The van der Waals surface area contributed by atoms with Crippen molar-refractivity contribution in [2.45, 2.75) is 19.3 Å². The molecule has 3 rings (SSSR count). The first kappa shape index (κ1) is 16.7. The van der Waals surface area contributed by atoms with E-state index in [-0.39, 0.29) is 11.1 Å². The molecule has 0 saturated carbocycles. The van der Waals surface area contributed by atoms with Crippen LogP contribution < -0.4 is 10.3 Å². The molecule has 1 N–H and O–H groups in total. The molecule has 25 heavy (non-hydrogen) atoms. The number of anilines is 2. The molecule has 0 amide bonds. The highest BCUT2D eigenvalue weighted by atomic mass is 16.6. The van der Waals surface area contributed by atoms with Crippen LogP contribution in [0.2, 0.25) is 0 Å². The number of nitrogens with one attached hydrogen (secondary N) is 1. The van der Waals surface area contributed by atoms with Gasteiger partial charge in [0.25, 0.3) is 5.69 Å². The summed E-state index contributed by atoms with van der Waals surface area (Å²) in [5.41, 5.74) is 7.20. The highest BCUT2D eigenvalue weighted by molar-refractivity contribution is 5.79.